The zero-order valence-electron chi connectivity index (χ0n) is 8.42. The second-order valence-electron chi connectivity index (χ2n) is 3.40. The van der Waals surface area contributed by atoms with Crippen molar-refractivity contribution in [3.63, 3.8) is 0 Å². The average molecular weight is 195 g/mol. The summed E-state index contributed by atoms with van der Waals surface area (Å²) in [6.45, 7) is 3.44. The fourth-order valence-corrected chi connectivity index (χ4v) is 1.23. The summed E-state index contributed by atoms with van der Waals surface area (Å²) in [4.78, 5) is 13.7. The maximum absolute atomic E-state index is 11.0. The van der Waals surface area contributed by atoms with E-state index in [0.717, 1.165) is 12.1 Å². The Labute approximate surface area is 83.5 Å². The van der Waals surface area contributed by atoms with Gasteiger partial charge in [0, 0.05) is 24.3 Å². The normalized spacial score (nSPS) is 12.7. The molecule has 0 aliphatic heterocycles. The van der Waals surface area contributed by atoms with Gasteiger partial charge in [-0.3, -0.25) is 4.79 Å². The van der Waals surface area contributed by atoms with E-state index in [4.69, 9.17) is 5.73 Å². The molecule has 1 aromatic heterocycles. The first-order chi connectivity index (χ1) is 6.72. The molecule has 0 saturated heterocycles. The third-order valence-corrected chi connectivity index (χ3v) is 2.07. The number of pyridine rings is 1. The maximum Gasteiger partial charge on any atom is 0.248 e. The quantitative estimate of drug-likeness (QED) is 0.628. The van der Waals surface area contributed by atoms with Gasteiger partial charge in [-0.05, 0) is 26.0 Å². The summed E-state index contributed by atoms with van der Waals surface area (Å²) < 4.78 is 0. The molecule has 0 aromatic carbocycles. The fraction of sp³-hybridized carbons (Fsp3) is 0.500. The summed E-state index contributed by atoms with van der Waals surface area (Å²) >= 11 is 0. The topological polar surface area (TPSA) is 70.9 Å². The van der Waals surface area contributed by atoms with Gasteiger partial charge in [-0.15, -0.1) is 0 Å². The van der Waals surface area contributed by atoms with Crippen LogP contribution in [0.1, 0.15) is 19.0 Å². The maximum atomic E-state index is 11.0. The second kappa shape index (κ2) is 5.57. The van der Waals surface area contributed by atoms with Gasteiger partial charge in [0.15, 0.2) is 0 Å². The van der Waals surface area contributed by atoms with E-state index in [0.29, 0.717) is 19.1 Å². The van der Waals surface area contributed by atoms with Gasteiger partial charge in [0.2, 0.25) is 5.56 Å². The summed E-state index contributed by atoms with van der Waals surface area (Å²) in [7, 11) is 0. The Morgan fingerprint density at radius 3 is 3.00 bits per heavy atom. The molecule has 14 heavy (non-hydrogen) atoms. The number of hydrogen-bond acceptors (Lipinski definition) is 3. The Morgan fingerprint density at radius 1 is 1.57 bits per heavy atom. The monoisotopic (exact) mass is 195 g/mol. The van der Waals surface area contributed by atoms with Crippen LogP contribution in [0.3, 0.4) is 0 Å². The molecule has 1 aromatic rings. The zero-order valence-corrected chi connectivity index (χ0v) is 8.42. The van der Waals surface area contributed by atoms with E-state index in [-0.39, 0.29) is 5.56 Å². The summed E-state index contributed by atoms with van der Waals surface area (Å²) in [6.07, 6.45) is 0.942. The highest BCUT2D eigenvalue weighted by Crippen LogP contribution is 1.93. The molecular weight excluding hydrogens is 178 g/mol. The minimum Gasteiger partial charge on any atom is -0.330 e. The van der Waals surface area contributed by atoms with Crippen LogP contribution < -0.4 is 16.6 Å². The molecule has 4 nitrogen and oxygen atoms in total. The molecule has 4 N–H and O–H groups in total. The van der Waals surface area contributed by atoms with Gasteiger partial charge in [-0.2, -0.15) is 0 Å². The first-order valence-electron chi connectivity index (χ1n) is 4.84. The van der Waals surface area contributed by atoms with Crippen LogP contribution in [0.5, 0.6) is 0 Å². The number of H-pyrrole nitrogens is 1. The Kier molecular flexibility index (Phi) is 4.35. The molecule has 78 valence electrons. The fourth-order valence-electron chi connectivity index (χ4n) is 1.23. The molecule has 0 aliphatic carbocycles. The molecule has 1 rings (SSSR count). The molecule has 0 spiro atoms. The number of nitrogens with one attached hydrogen (secondary N) is 2. The van der Waals surface area contributed by atoms with Crippen molar-refractivity contribution in [2.24, 2.45) is 5.73 Å². The van der Waals surface area contributed by atoms with E-state index in [1.165, 1.54) is 6.07 Å². The molecule has 1 unspecified atom stereocenters. The lowest BCUT2D eigenvalue weighted by atomic mass is 10.2. The standard InChI is InChI=1S/C10H17N3O/c1-8(5-6-11)12-7-9-3-2-4-10(14)13-9/h2-4,8,12H,5-7,11H2,1H3,(H,13,14). The molecule has 0 fully saturated rings. The second-order valence-corrected chi connectivity index (χ2v) is 3.40. The van der Waals surface area contributed by atoms with Crippen molar-refractivity contribution >= 4 is 0 Å². The van der Waals surface area contributed by atoms with Crippen molar-refractivity contribution in [2.45, 2.75) is 25.9 Å². The van der Waals surface area contributed by atoms with E-state index < -0.39 is 0 Å². The largest absolute Gasteiger partial charge is 0.330 e. The van der Waals surface area contributed by atoms with Crippen LogP contribution in [0, 0.1) is 0 Å². The third-order valence-electron chi connectivity index (χ3n) is 2.07. The number of nitrogens with two attached hydrogens (primary N) is 1. The van der Waals surface area contributed by atoms with Crippen LogP contribution in [0.4, 0.5) is 0 Å². The van der Waals surface area contributed by atoms with Crippen LogP contribution in [0.2, 0.25) is 0 Å². The molecular formula is C10H17N3O. The highest BCUT2D eigenvalue weighted by Gasteiger charge is 1.99. The summed E-state index contributed by atoms with van der Waals surface area (Å²) in [6, 6.07) is 5.53. The van der Waals surface area contributed by atoms with Gasteiger partial charge >= 0.3 is 0 Å². The molecule has 1 heterocycles. The number of hydrogen-bond donors (Lipinski definition) is 3. The van der Waals surface area contributed by atoms with Gasteiger partial charge in [0.1, 0.15) is 0 Å². The minimum atomic E-state index is -0.0595. The van der Waals surface area contributed by atoms with Crippen molar-refractivity contribution in [2.75, 3.05) is 6.54 Å². The molecule has 0 saturated carbocycles. The smallest absolute Gasteiger partial charge is 0.248 e. The minimum absolute atomic E-state index is 0.0595. The third kappa shape index (κ3) is 3.72. The van der Waals surface area contributed by atoms with Gasteiger partial charge in [-0.1, -0.05) is 6.07 Å². The molecule has 0 radical (unpaired) electrons. The lowest BCUT2D eigenvalue weighted by Gasteiger charge is -2.11. The molecule has 0 aliphatic rings. The van der Waals surface area contributed by atoms with Crippen LogP contribution in [0.15, 0.2) is 23.0 Å². The highest BCUT2D eigenvalue weighted by atomic mass is 16.1. The van der Waals surface area contributed by atoms with E-state index in [1.807, 2.05) is 6.07 Å². The van der Waals surface area contributed by atoms with Crippen molar-refractivity contribution in [1.82, 2.24) is 10.3 Å². The van der Waals surface area contributed by atoms with Crippen LogP contribution in [-0.4, -0.2) is 17.6 Å². The lowest BCUT2D eigenvalue weighted by molar-refractivity contribution is 0.515. The van der Waals surface area contributed by atoms with E-state index in [2.05, 4.69) is 17.2 Å². The van der Waals surface area contributed by atoms with Crippen molar-refractivity contribution in [3.8, 4) is 0 Å². The van der Waals surface area contributed by atoms with Crippen LogP contribution in [-0.2, 0) is 6.54 Å². The van der Waals surface area contributed by atoms with Gasteiger partial charge in [-0.25, -0.2) is 0 Å². The first-order valence-corrected chi connectivity index (χ1v) is 4.84. The van der Waals surface area contributed by atoms with Gasteiger partial charge in [0.05, 0.1) is 0 Å². The van der Waals surface area contributed by atoms with Crippen molar-refractivity contribution in [3.05, 3.63) is 34.2 Å². The summed E-state index contributed by atoms with van der Waals surface area (Å²) in [5.41, 5.74) is 6.27. The number of aromatic amines is 1. The average Bonchev–Trinajstić information content (AvgIpc) is 2.15. The van der Waals surface area contributed by atoms with E-state index in [9.17, 15) is 4.79 Å². The number of aromatic nitrogens is 1. The highest BCUT2D eigenvalue weighted by molar-refractivity contribution is 5.03. The van der Waals surface area contributed by atoms with Gasteiger partial charge in [0.25, 0.3) is 0 Å². The van der Waals surface area contributed by atoms with Gasteiger partial charge < -0.3 is 16.0 Å². The Morgan fingerprint density at radius 2 is 2.36 bits per heavy atom. The lowest BCUT2D eigenvalue weighted by Crippen LogP contribution is -2.28. The Hall–Kier alpha value is -1.13. The SMILES string of the molecule is CC(CCN)NCc1cccc(=O)[nH]1. The predicted octanol–water partition coefficient (Wildman–Crippen LogP) is 0.202. The first kappa shape index (κ1) is 10.9. The molecule has 1 atom stereocenters. The Bertz CT molecular complexity index is 321. The van der Waals surface area contributed by atoms with Crippen molar-refractivity contribution in [1.29, 1.82) is 0 Å². The predicted molar refractivity (Wildman–Crippen MR) is 57.0 cm³/mol. The molecule has 4 heteroatoms. The Balaban J connectivity index is 2.41. The van der Waals surface area contributed by atoms with Crippen LogP contribution >= 0.6 is 0 Å². The van der Waals surface area contributed by atoms with Crippen molar-refractivity contribution < 1.29 is 0 Å². The van der Waals surface area contributed by atoms with Crippen LogP contribution in [0.25, 0.3) is 0 Å². The van der Waals surface area contributed by atoms with E-state index in [1.54, 1.807) is 6.07 Å². The van der Waals surface area contributed by atoms with E-state index >= 15 is 0 Å². The summed E-state index contributed by atoms with van der Waals surface area (Å²) in [5.74, 6) is 0. The molecule has 0 bridgehead atoms. The summed E-state index contributed by atoms with van der Waals surface area (Å²) in [5, 5.41) is 3.28. The number of rotatable bonds is 5. The zero-order chi connectivity index (χ0) is 10.4. The molecule has 0 amide bonds.